The number of methoxy groups -OCH3 is 1. The van der Waals surface area contributed by atoms with Crippen molar-refractivity contribution in [3.05, 3.63) is 0 Å². The van der Waals surface area contributed by atoms with Crippen LogP contribution in [0.25, 0.3) is 0 Å². The van der Waals surface area contributed by atoms with Gasteiger partial charge in [0, 0.05) is 19.5 Å². The molecule has 1 rings (SSSR count). The minimum atomic E-state index is -0.577. The Morgan fingerprint density at radius 2 is 1.90 bits per heavy atom. The molecule has 0 spiro atoms. The van der Waals surface area contributed by atoms with Gasteiger partial charge in [0.1, 0.15) is 6.04 Å². The van der Waals surface area contributed by atoms with Crippen LogP contribution in [0.2, 0.25) is 0 Å². The third kappa shape index (κ3) is 5.12. The summed E-state index contributed by atoms with van der Waals surface area (Å²) in [5.41, 5.74) is 0. The Bertz CT molecular complexity index is 325. The zero-order valence-electron chi connectivity index (χ0n) is 13.1. The Morgan fingerprint density at radius 1 is 1.30 bits per heavy atom. The first-order valence-corrected chi connectivity index (χ1v) is 7.53. The molecular weight excluding hydrogens is 256 g/mol. The maximum absolute atomic E-state index is 11.7. The molecule has 1 aliphatic rings. The fourth-order valence-electron chi connectivity index (χ4n) is 3.00. The van der Waals surface area contributed by atoms with E-state index in [0.717, 1.165) is 5.92 Å². The van der Waals surface area contributed by atoms with E-state index in [4.69, 9.17) is 4.74 Å². The number of carbonyl (C=O) groups excluding carboxylic acids is 2. The highest BCUT2D eigenvalue weighted by Gasteiger charge is 2.27. The van der Waals surface area contributed by atoms with E-state index in [1.165, 1.54) is 46.1 Å². The van der Waals surface area contributed by atoms with Crippen molar-refractivity contribution in [3.63, 3.8) is 0 Å². The fraction of sp³-hybridized carbons (Fsp3) is 0.867. The van der Waals surface area contributed by atoms with Gasteiger partial charge in [-0.05, 0) is 38.6 Å². The second-order valence-corrected chi connectivity index (χ2v) is 5.80. The Hall–Kier alpha value is -1.10. The number of nitrogens with one attached hydrogen (secondary N) is 1. The van der Waals surface area contributed by atoms with Crippen molar-refractivity contribution in [3.8, 4) is 0 Å². The molecule has 1 unspecified atom stereocenters. The standard InChI is InChI=1S/C15H28N2O3/c1-5-12-6-8-13(9-7-12)17(3)10-14(15(19)20-4)16-11(2)18/h12-14H,5-10H2,1-4H3,(H,16,18). The maximum atomic E-state index is 11.7. The van der Waals surface area contributed by atoms with Gasteiger partial charge in [-0.3, -0.25) is 4.79 Å². The molecule has 1 fully saturated rings. The van der Waals surface area contributed by atoms with E-state index in [0.29, 0.717) is 12.6 Å². The van der Waals surface area contributed by atoms with Gasteiger partial charge in [0.05, 0.1) is 7.11 Å². The van der Waals surface area contributed by atoms with Gasteiger partial charge in [0.2, 0.25) is 5.91 Å². The Morgan fingerprint density at radius 3 is 2.35 bits per heavy atom. The molecule has 20 heavy (non-hydrogen) atoms. The Balaban J connectivity index is 2.51. The normalized spacial score (nSPS) is 24.2. The first-order valence-electron chi connectivity index (χ1n) is 7.53. The zero-order chi connectivity index (χ0) is 15.1. The molecule has 0 aromatic carbocycles. The van der Waals surface area contributed by atoms with Gasteiger partial charge in [-0.25, -0.2) is 4.79 Å². The number of likely N-dealkylation sites (N-methyl/N-ethyl adjacent to an activating group) is 1. The van der Waals surface area contributed by atoms with Crippen molar-refractivity contribution in [2.45, 2.75) is 58.0 Å². The van der Waals surface area contributed by atoms with Gasteiger partial charge in [0.15, 0.2) is 0 Å². The number of ether oxygens (including phenoxy) is 1. The lowest BCUT2D eigenvalue weighted by Crippen LogP contribution is -2.50. The molecule has 0 aromatic heterocycles. The van der Waals surface area contributed by atoms with Crippen LogP contribution >= 0.6 is 0 Å². The van der Waals surface area contributed by atoms with E-state index >= 15 is 0 Å². The molecule has 1 aliphatic carbocycles. The summed E-state index contributed by atoms with van der Waals surface area (Å²) < 4.78 is 4.76. The monoisotopic (exact) mass is 284 g/mol. The summed E-state index contributed by atoms with van der Waals surface area (Å²) in [6.07, 6.45) is 6.11. The van der Waals surface area contributed by atoms with Crippen LogP contribution in [0, 0.1) is 5.92 Å². The third-order valence-corrected chi connectivity index (χ3v) is 4.35. The summed E-state index contributed by atoms with van der Waals surface area (Å²) in [5, 5.41) is 2.67. The highest BCUT2D eigenvalue weighted by Crippen LogP contribution is 2.28. The summed E-state index contributed by atoms with van der Waals surface area (Å²) >= 11 is 0. The first kappa shape index (κ1) is 17.0. The first-order chi connectivity index (χ1) is 9.47. The van der Waals surface area contributed by atoms with Gasteiger partial charge in [-0.1, -0.05) is 13.3 Å². The predicted octanol–water partition coefficient (Wildman–Crippen LogP) is 1.56. The summed E-state index contributed by atoms with van der Waals surface area (Å²) in [4.78, 5) is 25.1. The number of rotatable bonds is 6. The highest BCUT2D eigenvalue weighted by molar-refractivity contribution is 5.83. The fourth-order valence-corrected chi connectivity index (χ4v) is 3.00. The van der Waals surface area contributed by atoms with Gasteiger partial charge in [0.25, 0.3) is 0 Å². The molecule has 0 saturated heterocycles. The van der Waals surface area contributed by atoms with E-state index < -0.39 is 6.04 Å². The van der Waals surface area contributed by atoms with Crippen LogP contribution in [0.1, 0.15) is 46.0 Å². The summed E-state index contributed by atoms with van der Waals surface area (Å²) in [6.45, 7) is 4.18. The molecule has 1 atom stereocenters. The number of esters is 1. The molecular formula is C15H28N2O3. The number of hydrogen-bond donors (Lipinski definition) is 1. The van der Waals surface area contributed by atoms with E-state index in [1.807, 2.05) is 7.05 Å². The van der Waals surface area contributed by atoms with Crippen molar-refractivity contribution in [1.82, 2.24) is 10.2 Å². The van der Waals surface area contributed by atoms with E-state index in [1.54, 1.807) is 0 Å². The average molecular weight is 284 g/mol. The van der Waals surface area contributed by atoms with Crippen molar-refractivity contribution in [1.29, 1.82) is 0 Å². The van der Waals surface area contributed by atoms with Crippen molar-refractivity contribution >= 4 is 11.9 Å². The summed E-state index contributed by atoms with van der Waals surface area (Å²) in [6, 6.07) is -0.0786. The third-order valence-electron chi connectivity index (χ3n) is 4.35. The molecule has 1 saturated carbocycles. The smallest absolute Gasteiger partial charge is 0.329 e. The second kappa shape index (κ2) is 8.25. The van der Waals surface area contributed by atoms with Crippen LogP contribution in [0.3, 0.4) is 0 Å². The van der Waals surface area contributed by atoms with Gasteiger partial charge < -0.3 is 15.0 Å². The topological polar surface area (TPSA) is 58.6 Å². The lowest BCUT2D eigenvalue weighted by atomic mass is 9.84. The van der Waals surface area contributed by atoms with Crippen molar-refractivity contribution < 1.29 is 14.3 Å². The molecule has 116 valence electrons. The average Bonchev–Trinajstić information content (AvgIpc) is 2.45. The lowest BCUT2D eigenvalue weighted by molar-refractivity contribution is -0.145. The van der Waals surface area contributed by atoms with E-state index in [2.05, 4.69) is 17.1 Å². The van der Waals surface area contributed by atoms with Crippen LogP contribution in [0.15, 0.2) is 0 Å². The molecule has 1 amide bonds. The number of carbonyl (C=O) groups is 2. The van der Waals surface area contributed by atoms with Crippen molar-refractivity contribution in [2.75, 3.05) is 20.7 Å². The largest absolute Gasteiger partial charge is 0.467 e. The van der Waals surface area contributed by atoms with Gasteiger partial charge >= 0.3 is 5.97 Å². The molecule has 1 N–H and O–H groups in total. The van der Waals surface area contributed by atoms with Crippen LogP contribution in [0.5, 0.6) is 0 Å². The quantitative estimate of drug-likeness (QED) is 0.752. The Labute approximate surface area is 122 Å². The Kier molecular flexibility index (Phi) is 6.99. The maximum Gasteiger partial charge on any atom is 0.329 e. The SMILES string of the molecule is CCC1CCC(N(C)CC(NC(C)=O)C(=O)OC)CC1. The molecule has 0 radical (unpaired) electrons. The minimum Gasteiger partial charge on any atom is -0.467 e. The number of amides is 1. The summed E-state index contributed by atoms with van der Waals surface area (Å²) in [5.74, 6) is 0.268. The van der Waals surface area contributed by atoms with Crippen LogP contribution in [-0.2, 0) is 14.3 Å². The summed E-state index contributed by atoms with van der Waals surface area (Å²) in [7, 11) is 3.37. The molecule has 0 aliphatic heterocycles. The molecule has 0 heterocycles. The highest BCUT2D eigenvalue weighted by atomic mass is 16.5. The van der Waals surface area contributed by atoms with Crippen LogP contribution < -0.4 is 5.32 Å². The predicted molar refractivity (Wildman–Crippen MR) is 78.3 cm³/mol. The van der Waals surface area contributed by atoms with Gasteiger partial charge in [-0.2, -0.15) is 0 Å². The van der Waals surface area contributed by atoms with E-state index in [9.17, 15) is 9.59 Å². The van der Waals surface area contributed by atoms with Crippen molar-refractivity contribution in [2.24, 2.45) is 5.92 Å². The second-order valence-electron chi connectivity index (χ2n) is 5.80. The van der Waals surface area contributed by atoms with Crippen LogP contribution in [0.4, 0.5) is 0 Å². The number of nitrogens with zero attached hydrogens (tertiary/aromatic N) is 1. The lowest BCUT2D eigenvalue weighted by Gasteiger charge is -2.35. The van der Waals surface area contributed by atoms with E-state index in [-0.39, 0.29) is 11.9 Å². The minimum absolute atomic E-state index is 0.205. The molecule has 0 aromatic rings. The zero-order valence-corrected chi connectivity index (χ0v) is 13.1. The molecule has 5 nitrogen and oxygen atoms in total. The molecule has 0 bridgehead atoms. The number of hydrogen-bond acceptors (Lipinski definition) is 4. The van der Waals surface area contributed by atoms with Gasteiger partial charge in [-0.15, -0.1) is 0 Å². The molecule has 5 heteroatoms. The van der Waals surface area contributed by atoms with Crippen LogP contribution in [-0.4, -0.2) is 49.6 Å².